The van der Waals surface area contributed by atoms with Crippen molar-refractivity contribution in [1.82, 2.24) is 23.1 Å². The molecule has 7 nitrogen and oxygen atoms in total. The van der Waals surface area contributed by atoms with E-state index in [0.29, 0.717) is 29.9 Å². The fourth-order valence-corrected chi connectivity index (χ4v) is 4.68. The lowest BCUT2D eigenvalue weighted by Crippen LogP contribution is -2.39. The quantitative estimate of drug-likeness (QED) is 0.428. The smallest absolute Gasteiger partial charge is 0.282 e. The van der Waals surface area contributed by atoms with Crippen LogP contribution in [-0.2, 0) is 20.0 Å². The topological polar surface area (TPSA) is 66.2 Å². The highest BCUT2D eigenvalue weighted by Crippen LogP contribution is 2.26. The minimum atomic E-state index is -0.350. The van der Waals surface area contributed by atoms with Gasteiger partial charge < -0.3 is 0 Å². The van der Waals surface area contributed by atoms with E-state index in [1.54, 1.807) is 7.05 Å². The maximum absolute atomic E-state index is 13.6. The highest BCUT2D eigenvalue weighted by molar-refractivity contribution is 5.77. The van der Waals surface area contributed by atoms with E-state index in [1.165, 1.54) is 14.7 Å². The van der Waals surface area contributed by atoms with Gasteiger partial charge in [-0.15, -0.1) is 0 Å². The Morgan fingerprint density at radius 2 is 1.64 bits per heavy atom. The Kier molecular flexibility index (Phi) is 4.85. The molecule has 3 aromatic heterocycles. The summed E-state index contributed by atoms with van der Waals surface area (Å²) in [5.74, 6) is 0.639. The number of nitrogens with zero attached hydrogens (tertiary/aromatic N) is 5. The molecule has 5 aromatic rings. The molecule has 0 aliphatic heterocycles. The first-order valence-corrected chi connectivity index (χ1v) is 11.1. The molecule has 0 atom stereocenters. The van der Waals surface area contributed by atoms with Crippen LogP contribution in [0, 0.1) is 27.7 Å². The second-order valence-corrected chi connectivity index (χ2v) is 8.75. The molecular weight excluding hydrogens is 414 g/mol. The third kappa shape index (κ3) is 3.15. The van der Waals surface area contributed by atoms with E-state index in [1.807, 2.05) is 48.6 Å². The predicted octanol–water partition coefficient (Wildman–Crippen LogP) is 3.61. The third-order valence-corrected chi connectivity index (χ3v) is 6.58. The molecule has 0 aliphatic rings. The molecule has 2 aromatic carbocycles. The number of rotatable bonds is 4. The molecule has 0 fully saturated rings. The summed E-state index contributed by atoms with van der Waals surface area (Å²) in [4.78, 5) is 31.5. The number of imidazole rings is 2. The summed E-state index contributed by atoms with van der Waals surface area (Å²) in [6.45, 7) is 8.47. The number of benzene rings is 2. The number of fused-ring (bicyclic) bond motifs is 3. The minimum Gasteiger partial charge on any atom is -0.282 e. The molecule has 0 N–H and O–H groups in total. The molecule has 0 radical (unpaired) electrons. The SMILES string of the molecule is Cc1ccc(-n2c(C)c(C)n3c4c(=O)n(CCc5ccccc5)c(=O)n(C)c4nc23)c(C)c1. The van der Waals surface area contributed by atoms with Crippen LogP contribution in [0.3, 0.4) is 0 Å². The zero-order valence-electron chi connectivity index (χ0n) is 19.6. The number of aromatic nitrogens is 5. The van der Waals surface area contributed by atoms with Crippen molar-refractivity contribution in [1.29, 1.82) is 0 Å². The number of aryl methyl sites for hydroxylation is 5. The van der Waals surface area contributed by atoms with E-state index in [2.05, 4.69) is 36.6 Å². The third-order valence-electron chi connectivity index (χ3n) is 6.58. The average Bonchev–Trinajstić information content (AvgIpc) is 3.29. The fraction of sp³-hybridized carbons (Fsp3) is 0.269. The van der Waals surface area contributed by atoms with Crippen molar-refractivity contribution in [3.05, 3.63) is 97.4 Å². The van der Waals surface area contributed by atoms with Gasteiger partial charge in [0.2, 0.25) is 5.78 Å². The van der Waals surface area contributed by atoms with Gasteiger partial charge >= 0.3 is 5.69 Å². The van der Waals surface area contributed by atoms with Gasteiger partial charge in [-0.25, -0.2) is 4.79 Å². The lowest BCUT2D eigenvalue weighted by Gasteiger charge is -2.11. The van der Waals surface area contributed by atoms with E-state index in [9.17, 15) is 9.59 Å². The van der Waals surface area contributed by atoms with Crippen molar-refractivity contribution in [2.45, 2.75) is 40.7 Å². The summed E-state index contributed by atoms with van der Waals surface area (Å²) < 4.78 is 6.77. The zero-order chi connectivity index (χ0) is 23.4. The Morgan fingerprint density at radius 3 is 2.33 bits per heavy atom. The first kappa shape index (κ1) is 21.0. The highest BCUT2D eigenvalue weighted by atomic mass is 16.2. The zero-order valence-corrected chi connectivity index (χ0v) is 19.6. The summed E-state index contributed by atoms with van der Waals surface area (Å²) in [6, 6.07) is 16.2. The van der Waals surface area contributed by atoms with Crippen molar-refractivity contribution in [3.8, 4) is 5.69 Å². The second-order valence-electron chi connectivity index (χ2n) is 8.75. The molecule has 3 heterocycles. The maximum Gasteiger partial charge on any atom is 0.332 e. The van der Waals surface area contributed by atoms with Gasteiger partial charge in [0.15, 0.2) is 11.2 Å². The Hall–Kier alpha value is -3.87. The molecule has 33 heavy (non-hydrogen) atoms. The molecule has 0 saturated heterocycles. The van der Waals surface area contributed by atoms with Crippen molar-refractivity contribution in [2.75, 3.05) is 0 Å². The maximum atomic E-state index is 13.6. The van der Waals surface area contributed by atoms with Gasteiger partial charge in [-0.3, -0.25) is 22.9 Å². The van der Waals surface area contributed by atoms with Crippen LogP contribution >= 0.6 is 0 Å². The van der Waals surface area contributed by atoms with Crippen LogP contribution < -0.4 is 11.2 Å². The number of hydrogen-bond donors (Lipinski definition) is 0. The molecule has 168 valence electrons. The van der Waals surface area contributed by atoms with Gasteiger partial charge in [0.25, 0.3) is 5.56 Å². The van der Waals surface area contributed by atoms with Crippen LogP contribution in [0.1, 0.15) is 28.1 Å². The van der Waals surface area contributed by atoms with Gasteiger partial charge in [0.1, 0.15) is 0 Å². The van der Waals surface area contributed by atoms with Gasteiger partial charge in [-0.2, -0.15) is 4.98 Å². The largest absolute Gasteiger partial charge is 0.332 e. The average molecular weight is 442 g/mol. The van der Waals surface area contributed by atoms with Gasteiger partial charge in [0.05, 0.1) is 5.69 Å². The summed E-state index contributed by atoms with van der Waals surface area (Å²) in [5.41, 5.74) is 6.52. The van der Waals surface area contributed by atoms with Crippen LogP contribution in [0.4, 0.5) is 0 Å². The molecular formula is C26H27N5O2. The van der Waals surface area contributed by atoms with E-state index < -0.39 is 0 Å². The van der Waals surface area contributed by atoms with Crippen molar-refractivity contribution in [2.24, 2.45) is 7.05 Å². The molecule has 5 rings (SSSR count). The lowest BCUT2D eigenvalue weighted by molar-refractivity contribution is 0.602. The molecule has 0 spiro atoms. The lowest BCUT2D eigenvalue weighted by atomic mass is 10.1. The molecule has 7 heteroatoms. The van der Waals surface area contributed by atoms with Crippen LogP contribution in [0.25, 0.3) is 22.6 Å². The van der Waals surface area contributed by atoms with E-state index in [0.717, 1.165) is 28.2 Å². The van der Waals surface area contributed by atoms with E-state index in [4.69, 9.17) is 4.98 Å². The van der Waals surface area contributed by atoms with Gasteiger partial charge in [0, 0.05) is 25.0 Å². The monoisotopic (exact) mass is 441 g/mol. The van der Waals surface area contributed by atoms with Crippen molar-refractivity contribution >= 4 is 16.9 Å². The van der Waals surface area contributed by atoms with Crippen LogP contribution in [-0.4, -0.2) is 23.1 Å². The van der Waals surface area contributed by atoms with Crippen molar-refractivity contribution < 1.29 is 0 Å². The molecule has 0 amide bonds. The second kappa shape index (κ2) is 7.62. The summed E-state index contributed by atoms with van der Waals surface area (Å²) in [7, 11) is 1.68. The van der Waals surface area contributed by atoms with E-state index >= 15 is 0 Å². The summed E-state index contributed by atoms with van der Waals surface area (Å²) in [6.07, 6.45) is 0.602. The van der Waals surface area contributed by atoms with Crippen LogP contribution in [0.15, 0.2) is 58.1 Å². The van der Waals surface area contributed by atoms with Crippen LogP contribution in [0.5, 0.6) is 0 Å². The first-order valence-electron chi connectivity index (χ1n) is 11.1. The summed E-state index contributed by atoms with van der Waals surface area (Å²) >= 11 is 0. The van der Waals surface area contributed by atoms with Gasteiger partial charge in [-0.1, -0.05) is 48.0 Å². The normalized spacial score (nSPS) is 11.7. The predicted molar refractivity (Wildman–Crippen MR) is 131 cm³/mol. The molecule has 0 bridgehead atoms. The minimum absolute atomic E-state index is 0.308. The molecule has 0 saturated carbocycles. The van der Waals surface area contributed by atoms with Crippen LogP contribution in [0.2, 0.25) is 0 Å². The Morgan fingerprint density at radius 1 is 0.909 bits per heavy atom. The van der Waals surface area contributed by atoms with Gasteiger partial charge in [-0.05, 0) is 51.3 Å². The molecule has 0 aliphatic carbocycles. The highest BCUT2D eigenvalue weighted by Gasteiger charge is 2.23. The van der Waals surface area contributed by atoms with Crippen molar-refractivity contribution in [3.63, 3.8) is 0 Å². The fourth-order valence-electron chi connectivity index (χ4n) is 4.68. The van der Waals surface area contributed by atoms with E-state index in [-0.39, 0.29) is 11.2 Å². The number of hydrogen-bond acceptors (Lipinski definition) is 3. The first-order chi connectivity index (χ1) is 15.8. The standard InChI is InChI=1S/C26H27N5O2/c1-16-11-12-21(17(2)15-16)30-18(3)19(4)31-22-23(27-25(30)31)28(5)26(33)29(24(22)32)14-13-20-9-7-6-8-10-20/h6-12,15H,13-14H2,1-5H3. The molecule has 0 unspecified atom stereocenters. The Bertz CT molecular complexity index is 1650. The Labute approximate surface area is 191 Å². The Balaban J connectivity index is 1.77. The summed E-state index contributed by atoms with van der Waals surface area (Å²) in [5, 5.41) is 0.